The van der Waals surface area contributed by atoms with Crippen LogP contribution in [0.2, 0.25) is 5.02 Å². The van der Waals surface area contributed by atoms with Crippen molar-refractivity contribution in [1.29, 1.82) is 0 Å². The summed E-state index contributed by atoms with van der Waals surface area (Å²) in [6.07, 6.45) is 0.920. The summed E-state index contributed by atoms with van der Waals surface area (Å²) in [6.45, 7) is 2.77. The number of hydrogen-bond donors (Lipinski definition) is 1. The third-order valence-electron chi connectivity index (χ3n) is 2.20. The van der Waals surface area contributed by atoms with E-state index in [2.05, 4.69) is 38.4 Å². The first-order valence-electron chi connectivity index (χ1n) is 5.19. The average Bonchev–Trinajstić information content (AvgIpc) is 2.79. The minimum absolute atomic E-state index is 0.700. The number of nitrogens with zero attached hydrogens (tertiary/aromatic N) is 2. The van der Waals surface area contributed by atoms with Crippen LogP contribution in [-0.2, 0) is 13.0 Å². The zero-order valence-corrected chi connectivity index (χ0v) is 12.4. The Labute approximate surface area is 117 Å². The number of nitrogens with one attached hydrogen (secondary N) is 1. The predicted octanol–water partition coefficient (Wildman–Crippen LogP) is 4.13. The Morgan fingerprint density at radius 2 is 2.24 bits per heavy atom. The SMILES string of the molecule is CCc1nnc(NCc2ccc(Br)c(Cl)c2)s1. The maximum atomic E-state index is 6.02. The summed E-state index contributed by atoms with van der Waals surface area (Å²) in [5, 5.41) is 14.0. The maximum Gasteiger partial charge on any atom is 0.205 e. The lowest BCUT2D eigenvalue weighted by atomic mass is 10.2. The molecule has 0 saturated heterocycles. The molecule has 6 heteroatoms. The monoisotopic (exact) mass is 331 g/mol. The highest BCUT2D eigenvalue weighted by molar-refractivity contribution is 9.10. The van der Waals surface area contributed by atoms with Gasteiger partial charge in [-0.1, -0.05) is 35.9 Å². The summed E-state index contributed by atoms with van der Waals surface area (Å²) in [6, 6.07) is 5.89. The second kappa shape index (κ2) is 5.80. The Kier molecular flexibility index (Phi) is 4.36. The Balaban J connectivity index is 1.99. The largest absolute Gasteiger partial charge is 0.356 e. The molecule has 0 aliphatic carbocycles. The molecular weight excluding hydrogens is 322 g/mol. The van der Waals surface area contributed by atoms with Crippen molar-refractivity contribution >= 4 is 44.0 Å². The van der Waals surface area contributed by atoms with Gasteiger partial charge in [0, 0.05) is 11.0 Å². The number of hydrogen-bond acceptors (Lipinski definition) is 4. The van der Waals surface area contributed by atoms with Crippen LogP contribution in [0.25, 0.3) is 0 Å². The molecule has 0 radical (unpaired) electrons. The van der Waals surface area contributed by atoms with E-state index in [1.54, 1.807) is 11.3 Å². The number of rotatable bonds is 4. The minimum Gasteiger partial charge on any atom is -0.356 e. The van der Waals surface area contributed by atoms with Crippen molar-refractivity contribution in [2.45, 2.75) is 19.9 Å². The van der Waals surface area contributed by atoms with Crippen molar-refractivity contribution in [2.75, 3.05) is 5.32 Å². The number of anilines is 1. The molecule has 0 spiro atoms. The standard InChI is InChI=1S/C11H11BrClN3S/c1-2-10-15-16-11(17-10)14-6-7-3-4-8(12)9(13)5-7/h3-5H,2,6H2,1H3,(H,14,16). The van der Waals surface area contributed by atoms with Crippen molar-refractivity contribution < 1.29 is 0 Å². The highest BCUT2D eigenvalue weighted by Gasteiger charge is 2.03. The second-order valence-electron chi connectivity index (χ2n) is 3.46. The van der Waals surface area contributed by atoms with Gasteiger partial charge >= 0.3 is 0 Å². The lowest BCUT2D eigenvalue weighted by Gasteiger charge is -2.03. The van der Waals surface area contributed by atoms with Crippen molar-refractivity contribution in [1.82, 2.24) is 10.2 Å². The van der Waals surface area contributed by atoms with Gasteiger partial charge in [-0.3, -0.25) is 0 Å². The molecule has 0 atom stereocenters. The van der Waals surface area contributed by atoms with E-state index in [4.69, 9.17) is 11.6 Å². The van der Waals surface area contributed by atoms with Crippen LogP contribution in [0.1, 0.15) is 17.5 Å². The zero-order chi connectivity index (χ0) is 12.3. The van der Waals surface area contributed by atoms with Gasteiger partial charge in [-0.2, -0.15) is 0 Å². The van der Waals surface area contributed by atoms with Gasteiger partial charge in [-0.15, -0.1) is 10.2 Å². The molecule has 90 valence electrons. The van der Waals surface area contributed by atoms with Gasteiger partial charge < -0.3 is 5.32 Å². The summed E-state index contributed by atoms with van der Waals surface area (Å²) in [7, 11) is 0. The smallest absolute Gasteiger partial charge is 0.205 e. The molecule has 0 aliphatic heterocycles. The van der Waals surface area contributed by atoms with E-state index in [0.717, 1.165) is 31.6 Å². The van der Waals surface area contributed by atoms with Crippen LogP contribution in [-0.4, -0.2) is 10.2 Å². The van der Waals surface area contributed by atoms with Crippen LogP contribution < -0.4 is 5.32 Å². The van der Waals surface area contributed by atoms with Gasteiger partial charge in [0.2, 0.25) is 5.13 Å². The molecule has 1 aromatic heterocycles. The van der Waals surface area contributed by atoms with Crippen LogP contribution in [0.3, 0.4) is 0 Å². The Hall–Kier alpha value is -0.650. The van der Waals surface area contributed by atoms with Crippen molar-refractivity contribution in [2.24, 2.45) is 0 Å². The molecule has 17 heavy (non-hydrogen) atoms. The first kappa shape index (κ1) is 12.8. The van der Waals surface area contributed by atoms with E-state index in [1.807, 2.05) is 18.2 Å². The average molecular weight is 333 g/mol. The minimum atomic E-state index is 0.700. The fourth-order valence-corrected chi connectivity index (χ4v) is 2.42. The summed E-state index contributed by atoms with van der Waals surface area (Å²) < 4.78 is 0.909. The molecule has 0 amide bonds. The van der Waals surface area contributed by atoms with Crippen molar-refractivity contribution in [3.63, 3.8) is 0 Å². The Bertz CT molecular complexity index is 515. The Morgan fingerprint density at radius 3 is 2.88 bits per heavy atom. The van der Waals surface area contributed by atoms with E-state index < -0.39 is 0 Å². The van der Waals surface area contributed by atoms with Gasteiger partial charge in [0.15, 0.2) is 0 Å². The first-order chi connectivity index (χ1) is 8.19. The molecule has 0 fully saturated rings. The molecule has 3 nitrogen and oxygen atoms in total. The van der Waals surface area contributed by atoms with E-state index in [1.165, 1.54) is 0 Å². The molecule has 0 saturated carbocycles. The van der Waals surface area contributed by atoms with Crippen LogP contribution in [0, 0.1) is 0 Å². The molecule has 1 aromatic carbocycles. The summed E-state index contributed by atoms with van der Waals surface area (Å²) >= 11 is 11.0. The molecule has 1 heterocycles. The second-order valence-corrected chi connectivity index (χ2v) is 5.78. The predicted molar refractivity (Wildman–Crippen MR) is 75.8 cm³/mol. The fraction of sp³-hybridized carbons (Fsp3) is 0.273. The molecule has 1 N–H and O–H groups in total. The quantitative estimate of drug-likeness (QED) is 0.915. The number of halogens is 2. The van der Waals surface area contributed by atoms with E-state index in [0.29, 0.717) is 6.54 Å². The lowest BCUT2D eigenvalue weighted by Crippen LogP contribution is -1.98. The van der Waals surface area contributed by atoms with Gasteiger partial charge in [-0.05, 0) is 40.0 Å². The Morgan fingerprint density at radius 1 is 1.41 bits per heavy atom. The lowest BCUT2D eigenvalue weighted by molar-refractivity contribution is 0.975. The number of aryl methyl sites for hydroxylation is 1. The molecule has 2 aromatic rings. The van der Waals surface area contributed by atoms with Crippen LogP contribution in [0.5, 0.6) is 0 Å². The van der Waals surface area contributed by atoms with Gasteiger partial charge in [0.1, 0.15) is 5.01 Å². The van der Waals surface area contributed by atoms with E-state index in [-0.39, 0.29) is 0 Å². The zero-order valence-electron chi connectivity index (χ0n) is 9.20. The maximum absolute atomic E-state index is 6.02. The number of benzene rings is 1. The topological polar surface area (TPSA) is 37.8 Å². The highest BCUT2D eigenvalue weighted by atomic mass is 79.9. The van der Waals surface area contributed by atoms with E-state index in [9.17, 15) is 0 Å². The van der Waals surface area contributed by atoms with E-state index >= 15 is 0 Å². The van der Waals surface area contributed by atoms with Crippen LogP contribution in [0.4, 0.5) is 5.13 Å². The van der Waals surface area contributed by atoms with Gasteiger partial charge in [-0.25, -0.2) is 0 Å². The normalized spacial score (nSPS) is 10.5. The third-order valence-corrected chi connectivity index (χ3v) is 4.45. The first-order valence-corrected chi connectivity index (χ1v) is 7.18. The summed E-state index contributed by atoms with van der Waals surface area (Å²) in [4.78, 5) is 0. The molecule has 0 unspecified atom stereocenters. The molecule has 0 bridgehead atoms. The van der Waals surface area contributed by atoms with Gasteiger partial charge in [0.25, 0.3) is 0 Å². The highest BCUT2D eigenvalue weighted by Crippen LogP contribution is 2.24. The number of aromatic nitrogens is 2. The molecule has 2 rings (SSSR count). The summed E-state index contributed by atoms with van der Waals surface area (Å²) in [5.41, 5.74) is 1.12. The van der Waals surface area contributed by atoms with Gasteiger partial charge in [0.05, 0.1) is 5.02 Å². The van der Waals surface area contributed by atoms with Crippen molar-refractivity contribution in [3.05, 3.63) is 38.3 Å². The molecular formula is C11H11BrClN3S. The van der Waals surface area contributed by atoms with Crippen LogP contribution in [0.15, 0.2) is 22.7 Å². The molecule has 0 aliphatic rings. The van der Waals surface area contributed by atoms with Crippen LogP contribution >= 0.6 is 38.9 Å². The fourth-order valence-electron chi connectivity index (χ4n) is 1.30. The summed E-state index contributed by atoms with van der Waals surface area (Å²) in [5.74, 6) is 0. The third kappa shape index (κ3) is 3.40. The van der Waals surface area contributed by atoms with Crippen molar-refractivity contribution in [3.8, 4) is 0 Å².